The first-order valence-electron chi connectivity index (χ1n) is 9.80. The molecule has 2 amide bonds. The van der Waals surface area contributed by atoms with Crippen molar-refractivity contribution in [3.05, 3.63) is 42.5 Å². The Balaban J connectivity index is 1.60. The van der Waals surface area contributed by atoms with E-state index in [1.54, 1.807) is 32.4 Å². The van der Waals surface area contributed by atoms with Crippen LogP contribution in [-0.4, -0.2) is 57.4 Å². The van der Waals surface area contributed by atoms with E-state index < -0.39 is 0 Å². The Morgan fingerprint density at radius 2 is 1.62 bits per heavy atom. The van der Waals surface area contributed by atoms with E-state index in [4.69, 9.17) is 14.2 Å². The molecule has 1 fully saturated rings. The standard InChI is InChI=1S/C22H29N3O4/c1-16(2)29-19-8-6-5-7-18(19)24-11-13-25(14-12-24)22(26)23-17-9-10-20(27-3)21(15-17)28-4/h5-10,15-16H,11-14H2,1-4H3,(H,23,26). The number of urea groups is 1. The van der Waals surface area contributed by atoms with E-state index in [2.05, 4.69) is 16.3 Å². The molecule has 0 aliphatic carbocycles. The Bertz CT molecular complexity index is 833. The first kappa shape index (κ1) is 20.6. The summed E-state index contributed by atoms with van der Waals surface area (Å²) in [5, 5.41) is 2.94. The molecular weight excluding hydrogens is 370 g/mol. The van der Waals surface area contributed by atoms with Gasteiger partial charge in [0.15, 0.2) is 11.5 Å². The number of para-hydroxylation sites is 2. The van der Waals surface area contributed by atoms with Gasteiger partial charge in [0.1, 0.15) is 5.75 Å². The number of hydrogen-bond acceptors (Lipinski definition) is 5. The second kappa shape index (κ2) is 9.41. The van der Waals surface area contributed by atoms with Gasteiger partial charge in [0, 0.05) is 37.9 Å². The predicted octanol–water partition coefficient (Wildman–Crippen LogP) is 3.85. The van der Waals surface area contributed by atoms with E-state index in [0.29, 0.717) is 30.3 Å². The van der Waals surface area contributed by atoms with Gasteiger partial charge in [-0.15, -0.1) is 0 Å². The fourth-order valence-corrected chi connectivity index (χ4v) is 3.34. The molecule has 1 N–H and O–H groups in total. The molecule has 29 heavy (non-hydrogen) atoms. The number of nitrogens with one attached hydrogen (secondary N) is 1. The molecule has 7 heteroatoms. The summed E-state index contributed by atoms with van der Waals surface area (Å²) >= 11 is 0. The van der Waals surface area contributed by atoms with Crippen molar-refractivity contribution in [3.63, 3.8) is 0 Å². The fourth-order valence-electron chi connectivity index (χ4n) is 3.34. The third-order valence-corrected chi connectivity index (χ3v) is 4.77. The van der Waals surface area contributed by atoms with Crippen LogP contribution in [0.4, 0.5) is 16.2 Å². The lowest BCUT2D eigenvalue weighted by molar-refractivity contribution is 0.207. The topological polar surface area (TPSA) is 63.3 Å². The molecule has 1 aliphatic rings. The molecule has 0 radical (unpaired) electrons. The Labute approximate surface area is 172 Å². The molecule has 0 atom stereocenters. The maximum Gasteiger partial charge on any atom is 0.321 e. The average Bonchev–Trinajstić information content (AvgIpc) is 2.73. The maximum atomic E-state index is 12.7. The summed E-state index contributed by atoms with van der Waals surface area (Å²) in [6, 6.07) is 13.3. The average molecular weight is 399 g/mol. The Kier molecular flexibility index (Phi) is 6.69. The largest absolute Gasteiger partial charge is 0.493 e. The summed E-state index contributed by atoms with van der Waals surface area (Å²) in [7, 11) is 3.16. The van der Waals surface area contributed by atoms with Crippen LogP contribution in [0, 0.1) is 0 Å². The van der Waals surface area contributed by atoms with E-state index in [1.165, 1.54) is 0 Å². The zero-order chi connectivity index (χ0) is 20.8. The fraction of sp³-hybridized carbons (Fsp3) is 0.409. The van der Waals surface area contributed by atoms with Gasteiger partial charge in [-0.2, -0.15) is 0 Å². The van der Waals surface area contributed by atoms with Gasteiger partial charge in [0.05, 0.1) is 26.0 Å². The molecule has 156 valence electrons. The predicted molar refractivity (Wildman–Crippen MR) is 115 cm³/mol. The van der Waals surface area contributed by atoms with Gasteiger partial charge in [-0.25, -0.2) is 4.79 Å². The minimum atomic E-state index is -0.122. The summed E-state index contributed by atoms with van der Waals surface area (Å²) < 4.78 is 16.5. The summed E-state index contributed by atoms with van der Waals surface area (Å²) in [5.74, 6) is 2.09. The van der Waals surface area contributed by atoms with Crippen LogP contribution < -0.4 is 24.4 Å². The molecule has 1 saturated heterocycles. The highest BCUT2D eigenvalue weighted by molar-refractivity contribution is 5.90. The summed E-state index contributed by atoms with van der Waals surface area (Å²) in [4.78, 5) is 16.8. The normalized spacial score (nSPS) is 14.0. The van der Waals surface area contributed by atoms with Gasteiger partial charge in [-0.05, 0) is 38.1 Å². The molecule has 7 nitrogen and oxygen atoms in total. The van der Waals surface area contributed by atoms with Crippen molar-refractivity contribution in [2.45, 2.75) is 20.0 Å². The number of piperazine rings is 1. The highest BCUT2D eigenvalue weighted by Gasteiger charge is 2.23. The molecule has 0 aromatic heterocycles. The molecular formula is C22H29N3O4. The highest BCUT2D eigenvalue weighted by Crippen LogP contribution is 2.31. The number of methoxy groups -OCH3 is 2. The summed E-state index contributed by atoms with van der Waals surface area (Å²) in [6.45, 7) is 6.81. The van der Waals surface area contributed by atoms with Crippen LogP contribution in [0.5, 0.6) is 17.2 Å². The Hall–Kier alpha value is -3.09. The Morgan fingerprint density at radius 3 is 2.28 bits per heavy atom. The third-order valence-electron chi connectivity index (χ3n) is 4.77. The molecule has 2 aromatic carbocycles. The van der Waals surface area contributed by atoms with Gasteiger partial charge in [0.2, 0.25) is 0 Å². The zero-order valence-corrected chi connectivity index (χ0v) is 17.5. The zero-order valence-electron chi connectivity index (χ0n) is 17.5. The van der Waals surface area contributed by atoms with E-state index in [9.17, 15) is 4.79 Å². The van der Waals surface area contributed by atoms with Gasteiger partial charge >= 0.3 is 6.03 Å². The van der Waals surface area contributed by atoms with Crippen molar-refractivity contribution in [1.29, 1.82) is 0 Å². The second-order valence-corrected chi connectivity index (χ2v) is 7.11. The highest BCUT2D eigenvalue weighted by atomic mass is 16.5. The van der Waals surface area contributed by atoms with E-state index in [1.807, 2.05) is 36.9 Å². The van der Waals surface area contributed by atoms with Crippen LogP contribution in [0.15, 0.2) is 42.5 Å². The molecule has 0 unspecified atom stereocenters. The van der Waals surface area contributed by atoms with Gasteiger partial charge in [-0.1, -0.05) is 12.1 Å². The number of ether oxygens (including phenoxy) is 3. The van der Waals surface area contributed by atoms with Crippen LogP contribution in [0.3, 0.4) is 0 Å². The van der Waals surface area contributed by atoms with Crippen molar-refractivity contribution >= 4 is 17.4 Å². The molecule has 1 heterocycles. The molecule has 3 rings (SSSR count). The first-order valence-corrected chi connectivity index (χ1v) is 9.80. The van der Waals surface area contributed by atoms with Crippen molar-refractivity contribution in [2.75, 3.05) is 50.6 Å². The van der Waals surface area contributed by atoms with Crippen molar-refractivity contribution < 1.29 is 19.0 Å². The van der Waals surface area contributed by atoms with Crippen LogP contribution in [0.2, 0.25) is 0 Å². The van der Waals surface area contributed by atoms with Crippen LogP contribution in [0.1, 0.15) is 13.8 Å². The Morgan fingerprint density at radius 1 is 0.931 bits per heavy atom. The number of amides is 2. The second-order valence-electron chi connectivity index (χ2n) is 7.11. The minimum Gasteiger partial charge on any atom is -0.493 e. The number of nitrogens with zero attached hydrogens (tertiary/aromatic N) is 2. The molecule has 0 saturated carbocycles. The van der Waals surface area contributed by atoms with E-state index >= 15 is 0 Å². The summed E-state index contributed by atoms with van der Waals surface area (Å²) in [5.41, 5.74) is 1.74. The van der Waals surface area contributed by atoms with E-state index in [0.717, 1.165) is 24.5 Å². The number of hydrogen-bond donors (Lipinski definition) is 1. The molecule has 1 aliphatic heterocycles. The van der Waals surface area contributed by atoms with Crippen LogP contribution in [0.25, 0.3) is 0 Å². The van der Waals surface area contributed by atoms with Gasteiger partial charge in [-0.3, -0.25) is 0 Å². The van der Waals surface area contributed by atoms with Crippen LogP contribution >= 0.6 is 0 Å². The first-order chi connectivity index (χ1) is 14.0. The lowest BCUT2D eigenvalue weighted by Gasteiger charge is -2.36. The molecule has 0 spiro atoms. The lowest BCUT2D eigenvalue weighted by atomic mass is 10.2. The quantitative estimate of drug-likeness (QED) is 0.800. The summed E-state index contributed by atoms with van der Waals surface area (Å²) in [6.07, 6.45) is 0.115. The van der Waals surface area contributed by atoms with E-state index in [-0.39, 0.29) is 12.1 Å². The van der Waals surface area contributed by atoms with Crippen molar-refractivity contribution in [3.8, 4) is 17.2 Å². The number of rotatable bonds is 6. The lowest BCUT2D eigenvalue weighted by Crippen LogP contribution is -2.50. The third kappa shape index (κ3) is 5.04. The van der Waals surface area contributed by atoms with Crippen molar-refractivity contribution in [1.82, 2.24) is 4.90 Å². The monoisotopic (exact) mass is 399 g/mol. The van der Waals surface area contributed by atoms with Gasteiger partial charge in [0.25, 0.3) is 0 Å². The number of carbonyl (C=O) groups excluding carboxylic acids is 1. The number of benzene rings is 2. The maximum absolute atomic E-state index is 12.7. The van der Waals surface area contributed by atoms with Gasteiger partial charge < -0.3 is 29.3 Å². The number of anilines is 2. The SMILES string of the molecule is COc1ccc(NC(=O)N2CCN(c3ccccc3OC(C)C)CC2)cc1OC. The van der Waals surface area contributed by atoms with Crippen molar-refractivity contribution in [2.24, 2.45) is 0 Å². The minimum absolute atomic E-state index is 0.115. The molecule has 2 aromatic rings. The number of carbonyl (C=O) groups is 1. The smallest absolute Gasteiger partial charge is 0.321 e. The van der Waals surface area contributed by atoms with Crippen LogP contribution in [-0.2, 0) is 0 Å². The molecule has 0 bridgehead atoms.